The van der Waals surface area contributed by atoms with Gasteiger partial charge in [-0.05, 0) is 35.4 Å². The van der Waals surface area contributed by atoms with Gasteiger partial charge >= 0.3 is 0 Å². The molecule has 0 N–H and O–H groups in total. The Balaban J connectivity index is 2.11. The second kappa shape index (κ2) is 9.49. The maximum Gasteiger partial charge on any atom is 0.0571 e. The Morgan fingerprint density at radius 1 is 0.593 bits per heavy atom. The van der Waals surface area contributed by atoms with E-state index in [0.717, 1.165) is 0 Å². The topological polar surface area (TPSA) is 0 Å². The van der Waals surface area contributed by atoms with Crippen molar-refractivity contribution < 1.29 is 0 Å². The minimum absolute atomic E-state index is 0.513. The van der Waals surface area contributed by atoms with Gasteiger partial charge in [-0.25, -0.2) is 0 Å². The first-order chi connectivity index (χ1) is 13.2. The fraction of sp³-hybridized carbons (Fsp3) is 0.280. The predicted octanol–water partition coefficient (Wildman–Crippen LogP) is 6.04. The summed E-state index contributed by atoms with van der Waals surface area (Å²) in [7, 11) is -1.74. The van der Waals surface area contributed by atoms with E-state index >= 15 is 0 Å². The Kier molecular flexibility index (Phi) is 7.05. The Labute approximate surface area is 167 Å². The van der Waals surface area contributed by atoms with Crippen LogP contribution in [0.5, 0.6) is 0 Å². The van der Waals surface area contributed by atoms with Gasteiger partial charge in [0.1, 0.15) is 0 Å². The monoisotopic (exact) mass is 390 g/mol. The summed E-state index contributed by atoms with van der Waals surface area (Å²) in [6, 6.07) is 36.9. The smallest absolute Gasteiger partial charge is 0.0571 e. The summed E-state index contributed by atoms with van der Waals surface area (Å²) < 4.78 is 0. The Morgan fingerprint density at radius 2 is 1.04 bits per heavy atom. The lowest BCUT2D eigenvalue weighted by Crippen LogP contribution is -2.37. The van der Waals surface area contributed by atoms with Crippen molar-refractivity contribution in [3.63, 3.8) is 0 Å². The van der Waals surface area contributed by atoms with Crippen molar-refractivity contribution in [2.75, 3.05) is 0 Å². The van der Waals surface area contributed by atoms with Gasteiger partial charge in [0.2, 0.25) is 0 Å². The summed E-state index contributed by atoms with van der Waals surface area (Å²) in [5.41, 5.74) is 1.59. The third-order valence-corrected chi connectivity index (χ3v) is 14.3. The molecule has 27 heavy (non-hydrogen) atoms. The summed E-state index contributed by atoms with van der Waals surface area (Å²) in [6.45, 7) is 7.25. The Morgan fingerprint density at radius 3 is 1.52 bits per heavy atom. The molecule has 0 aromatic heterocycles. The molecule has 0 nitrogen and oxygen atoms in total. The van der Waals surface area contributed by atoms with Gasteiger partial charge in [-0.15, -0.1) is 0 Å². The minimum Gasteiger partial charge on any atom is -0.0678 e. The molecule has 0 bridgehead atoms. The molecule has 0 radical (unpaired) electrons. The number of benzene rings is 3. The zero-order valence-corrected chi connectivity index (χ0v) is 18.8. The first-order valence-electron chi connectivity index (χ1n) is 10.2. The van der Waals surface area contributed by atoms with Gasteiger partial charge in [0.05, 0.1) is 8.07 Å². The molecule has 0 spiro atoms. The molecule has 0 unspecified atom stereocenters. The van der Waals surface area contributed by atoms with Crippen molar-refractivity contribution in [3.8, 4) is 0 Å². The highest BCUT2D eigenvalue weighted by Crippen LogP contribution is 2.35. The van der Waals surface area contributed by atoms with E-state index in [9.17, 15) is 0 Å². The van der Waals surface area contributed by atoms with Crippen molar-refractivity contribution in [2.24, 2.45) is 0 Å². The zero-order chi connectivity index (χ0) is 19.1. The zero-order valence-electron chi connectivity index (χ0n) is 16.9. The van der Waals surface area contributed by atoms with E-state index in [2.05, 4.69) is 106 Å². The lowest BCUT2D eigenvalue weighted by molar-refractivity contribution is 1.10. The number of rotatable bonds is 8. The average molecular weight is 391 g/mol. The molecule has 0 aliphatic heterocycles. The molecule has 0 saturated heterocycles. The van der Waals surface area contributed by atoms with Gasteiger partial charge < -0.3 is 0 Å². The van der Waals surface area contributed by atoms with E-state index in [4.69, 9.17) is 0 Å². The highest BCUT2D eigenvalue weighted by atomic mass is 31.1. The van der Waals surface area contributed by atoms with E-state index in [1.807, 2.05) is 0 Å². The standard InChI is InChI=1S/C25H31PSi/c1-4-27(5-2,6-3)21-22-15-13-14-20-25(22)26(23-16-9-7-10-17-23)24-18-11-8-12-19-24/h7-20H,4-6,21H2,1-3H3. The van der Waals surface area contributed by atoms with Crippen molar-refractivity contribution >= 4 is 31.9 Å². The van der Waals surface area contributed by atoms with Crippen molar-refractivity contribution in [2.45, 2.75) is 44.9 Å². The second-order valence-corrected chi connectivity index (χ2v) is 15.0. The van der Waals surface area contributed by atoms with Crippen LogP contribution in [0, 0.1) is 0 Å². The molecule has 3 aromatic rings. The van der Waals surface area contributed by atoms with Crippen LogP contribution in [0.4, 0.5) is 0 Å². The van der Waals surface area contributed by atoms with Crippen LogP contribution >= 0.6 is 7.92 Å². The molecular weight excluding hydrogens is 359 g/mol. The molecule has 0 aliphatic carbocycles. The third kappa shape index (κ3) is 4.59. The number of hydrogen-bond acceptors (Lipinski definition) is 0. The molecule has 0 fully saturated rings. The summed E-state index contributed by atoms with van der Waals surface area (Å²) in [5, 5.41) is 4.45. The number of hydrogen-bond donors (Lipinski definition) is 0. The molecule has 0 atom stereocenters. The first-order valence-corrected chi connectivity index (χ1v) is 14.4. The van der Waals surface area contributed by atoms with Gasteiger partial charge in [0.15, 0.2) is 0 Å². The summed E-state index contributed by atoms with van der Waals surface area (Å²) >= 11 is 0. The van der Waals surface area contributed by atoms with E-state index in [1.165, 1.54) is 34.8 Å². The van der Waals surface area contributed by atoms with Crippen LogP contribution in [-0.2, 0) is 6.04 Å². The largest absolute Gasteiger partial charge is 0.0678 e. The highest BCUT2D eigenvalue weighted by Gasteiger charge is 2.29. The molecular formula is C25H31PSi. The van der Waals surface area contributed by atoms with Crippen molar-refractivity contribution in [3.05, 3.63) is 90.5 Å². The maximum absolute atomic E-state index is 2.42. The van der Waals surface area contributed by atoms with Crippen LogP contribution in [0.1, 0.15) is 26.3 Å². The first kappa shape index (κ1) is 20.1. The van der Waals surface area contributed by atoms with Crippen LogP contribution in [0.15, 0.2) is 84.9 Å². The van der Waals surface area contributed by atoms with Crippen LogP contribution in [0.2, 0.25) is 18.1 Å². The predicted molar refractivity (Wildman–Crippen MR) is 126 cm³/mol. The fourth-order valence-electron chi connectivity index (χ4n) is 3.99. The Bertz CT molecular complexity index is 777. The van der Waals surface area contributed by atoms with Gasteiger partial charge in [-0.3, -0.25) is 0 Å². The molecule has 140 valence electrons. The van der Waals surface area contributed by atoms with Gasteiger partial charge in [0.25, 0.3) is 0 Å². The van der Waals surface area contributed by atoms with E-state index in [1.54, 1.807) is 10.9 Å². The molecule has 0 heterocycles. The normalized spacial score (nSPS) is 11.7. The van der Waals surface area contributed by atoms with Crippen LogP contribution in [0.25, 0.3) is 0 Å². The quantitative estimate of drug-likeness (QED) is 0.325. The molecule has 0 saturated carbocycles. The van der Waals surface area contributed by atoms with Crippen LogP contribution in [-0.4, -0.2) is 8.07 Å². The minimum atomic E-state index is -1.23. The molecule has 3 rings (SSSR count). The van der Waals surface area contributed by atoms with Crippen molar-refractivity contribution in [1.82, 2.24) is 0 Å². The molecule has 3 aromatic carbocycles. The second-order valence-electron chi connectivity index (χ2n) is 7.37. The van der Waals surface area contributed by atoms with E-state index in [0.29, 0.717) is 0 Å². The summed E-state index contributed by atoms with van der Waals surface area (Å²) in [5.74, 6) is 0. The highest BCUT2D eigenvalue weighted by molar-refractivity contribution is 7.79. The maximum atomic E-state index is 2.42. The Hall–Kier alpha value is -1.69. The van der Waals surface area contributed by atoms with Crippen LogP contribution in [0.3, 0.4) is 0 Å². The van der Waals surface area contributed by atoms with Crippen molar-refractivity contribution in [1.29, 1.82) is 0 Å². The van der Waals surface area contributed by atoms with Crippen LogP contribution < -0.4 is 15.9 Å². The van der Waals surface area contributed by atoms with E-state index < -0.39 is 16.0 Å². The molecule has 2 heteroatoms. The van der Waals surface area contributed by atoms with Gasteiger partial charge in [-0.1, -0.05) is 124 Å². The molecule has 0 aliphatic rings. The summed E-state index contributed by atoms with van der Waals surface area (Å²) in [4.78, 5) is 0. The molecule has 0 amide bonds. The lowest BCUT2D eigenvalue weighted by atomic mass is 10.2. The van der Waals surface area contributed by atoms with E-state index in [-0.39, 0.29) is 0 Å². The SMILES string of the molecule is CC[Si](CC)(CC)Cc1ccccc1P(c1ccccc1)c1ccccc1. The van der Waals surface area contributed by atoms with Gasteiger partial charge in [0, 0.05) is 0 Å². The lowest BCUT2D eigenvalue weighted by Gasteiger charge is -2.31. The third-order valence-electron chi connectivity index (χ3n) is 6.08. The fourth-order valence-corrected chi connectivity index (χ4v) is 9.97. The van der Waals surface area contributed by atoms with Gasteiger partial charge in [-0.2, -0.15) is 0 Å². The average Bonchev–Trinajstić information content (AvgIpc) is 2.75. The summed E-state index contributed by atoms with van der Waals surface area (Å²) in [6.07, 6.45) is 0.